The van der Waals surface area contributed by atoms with Crippen LogP contribution in [0.2, 0.25) is 0 Å². The molecule has 0 unspecified atom stereocenters. The summed E-state index contributed by atoms with van der Waals surface area (Å²) in [5.41, 5.74) is 1.06. The van der Waals surface area contributed by atoms with E-state index < -0.39 is 17.7 Å². The van der Waals surface area contributed by atoms with Crippen molar-refractivity contribution in [3.63, 3.8) is 0 Å². The zero-order chi connectivity index (χ0) is 25.9. The predicted molar refractivity (Wildman–Crippen MR) is 134 cm³/mol. The maximum atomic E-state index is 13.2. The second-order valence-corrected chi connectivity index (χ2v) is 8.94. The highest BCUT2D eigenvalue weighted by atomic mass is 32.1. The van der Waals surface area contributed by atoms with Crippen molar-refractivity contribution in [3.8, 4) is 11.3 Å². The molecule has 0 aliphatic heterocycles. The zero-order valence-electron chi connectivity index (χ0n) is 19.5. The summed E-state index contributed by atoms with van der Waals surface area (Å²) >= 11 is 1.39. The lowest BCUT2D eigenvalue weighted by atomic mass is 10.1. The number of carbonyl (C=O) groups is 1. The van der Waals surface area contributed by atoms with Crippen molar-refractivity contribution in [1.29, 1.82) is 0 Å². The van der Waals surface area contributed by atoms with Crippen LogP contribution in [0.3, 0.4) is 0 Å². The van der Waals surface area contributed by atoms with Crippen LogP contribution in [0.15, 0.2) is 58.8 Å². The third-order valence-corrected chi connectivity index (χ3v) is 6.49. The number of carbonyl (C=O) groups excluding carboxylic acids is 1. The monoisotopic (exact) mass is 513 g/mol. The van der Waals surface area contributed by atoms with Crippen molar-refractivity contribution in [3.05, 3.63) is 70.4 Å². The molecule has 1 fully saturated rings. The first-order valence-corrected chi connectivity index (χ1v) is 11.8. The number of amidine groups is 1. The summed E-state index contributed by atoms with van der Waals surface area (Å²) < 4.78 is 44.1. The van der Waals surface area contributed by atoms with Crippen LogP contribution in [0.25, 0.3) is 11.3 Å². The van der Waals surface area contributed by atoms with Crippen molar-refractivity contribution >= 4 is 40.8 Å². The van der Waals surface area contributed by atoms with Crippen molar-refractivity contribution < 1.29 is 22.7 Å². The van der Waals surface area contributed by atoms with E-state index in [0.717, 1.165) is 47.7 Å². The first-order valence-electron chi connectivity index (χ1n) is 10.9. The molecule has 1 N–H and O–H groups in total. The predicted octanol–water partition coefficient (Wildman–Crippen LogP) is 6.61. The van der Waals surface area contributed by atoms with E-state index >= 15 is 0 Å². The van der Waals surface area contributed by atoms with Crippen LogP contribution >= 0.6 is 11.3 Å². The standard InChI is InChI=1S/C25H22F3N5O2S/c1-4-11-30-21(29-2)16-9-5-14(6-10-16)19-20(15-7-8-15)36-24(32-19)33-22-18(23(34)35-3)12-17(13-31-22)25(26,27)28/h4-6,9-13,15H,2,7-8H2,1,3H3,(H,31,32,33)/b11-4-,30-21-. The van der Waals surface area contributed by atoms with E-state index in [1.165, 1.54) is 11.3 Å². The third-order valence-electron chi connectivity index (χ3n) is 5.36. The van der Waals surface area contributed by atoms with Gasteiger partial charge in [0, 0.05) is 28.4 Å². The fourth-order valence-corrected chi connectivity index (χ4v) is 4.59. The lowest BCUT2D eigenvalue weighted by molar-refractivity contribution is -0.137. The van der Waals surface area contributed by atoms with Gasteiger partial charge in [0.15, 0.2) is 11.0 Å². The van der Waals surface area contributed by atoms with E-state index in [0.29, 0.717) is 23.1 Å². The highest BCUT2D eigenvalue weighted by Crippen LogP contribution is 2.48. The lowest BCUT2D eigenvalue weighted by Gasteiger charge is -2.11. The number of alkyl halides is 3. The molecule has 0 saturated heterocycles. The number of methoxy groups -OCH3 is 1. The van der Waals surface area contributed by atoms with Gasteiger partial charge in [-0.1, -0.05) is 30.3 Å². The number of esters is 1. The Morgan fingerprint density at radius 3 is 2.58 bits per heavy atom. The average Bonchev–Trinajstić information content (AvgIpc) is 3.64. The van der Waals surface area contributed by atoms with Gasteiger partial charge in [-0.15, -0.1) is 11.3 Å². The zero-order valence-corrected chi connectivity index (χ0v) is 20.3. The van der Waals surface area contributed by atoms with Crippen LogP contribution < -0.4 is 5.32 Å². The minimum absolute atomic E-state index is 0.0604. The van der Waals surface area contributed by atoms with Crippen molar-refractivity contribution in [2.24, 2.45) is 9.98 Å². The van der Waals surface area contributed by atoms with Gasteiger partial charge in [-0.2, -0.15) is 13.2 Å². The number of aromatic nitrogens is 2. The number of rotatable bonds is 7. The normalized spacial score (nSPS) is 14.2. The first kappa shape index (κ1) is 25.2. The van der Waals surface area contributed by atoms with Gasteiger partial charge in [0.1, 0.15) is 11.4 Å². The van der Waals surface area contributed by atoms with E-state index in [-0.39, 0.29) is 11.4 Å². The lowest BCUT2D eigenvalue weighted by Crippen LogP contribution is -2.12. The van der Waals surface area contributed by atoms with Gasteiger partial charge in [0.05, 0.1) is 18.4 Å². The molecule has 2 heterocycles. The summed E-state index contributed by atoms with van der Waals surface area (Å²) in [6, 6.07) is 8.29. The van der Waals surface area contributed by atoms with Gasteiger partial charge >= 0.3 is 12.1 Å². The number of aliphatic imine (C=N–C) groups is 2. The molecule has 36 heavy (non-hydrogen) atoms. The van der Waals surface area contributed by atoms with Crippen LogP contribution in [-0.4, -0.2) is 35.6 Å². The molecule has 1 aliphatic rings. The maximum Gasteiger partial charge on any atom is 0.417 e. The molecule has 0 bridgehead atoms. The highest BCUT2D eigenvalue weighted by Gasteiger charge is 2.33. The number of hydrogen-bond donors (Lipinski definition) is 1. The van der Waals surface area contributed by atoms with Gasteiger partial charge in [-0.3, -0.25) is 0 Å². The number of anilines is 2. The van der Waals surface area contributed by atoms with Gasteiger partial charge in [0.25, 0.3) is 0 Å². The molecule has 1 saturated carbocycles. The highest BCUT2D eigenvalue weighted by molar-refractivity contribution is 7.16. The Morgan fingerprint density at radius 1 is 1.28 bits per heavy atom. The minimum atomic E-state index is -4.65. The van der Waals surface area contributed by atoms with Crippen LogP contribution in [-0.2, 0) is 10.9 Å². The van der Waals surface area contributed by atoms with Crippen LogP contribution in [0, 0.1) is 0 Å². The number of hydrogen-bond acceptors (Lipinski definition) is 7. The fraction of sp³-hybridized carbons (Fsp3) is 0.240. The Bertz CT molecular complexity index is 1340. The van der Waals surface area contributed by atoms with E-state index in [4.69, 9.17) is 4.98 Å². The maximum absolute atomic E-state index is 13.2. The van der Waals surface area contributed by atoms with Crippen LogP contribution in [0.4, 0.5) is 24.1 Å². The number of thiazole rings is 1. The smallest absolute Gasteiger partial charge is 0.417 e. The molecular weight excluding hydrogens is 491 g/mol. The summed E-state index contributed by atoms with van der Waals surface area (Å²) in [7, 11) is 1.10. The third kappa shape index (κ3) is 5.51. The Morgan fingerprint density at radius 2 is 2.00 bits per heavy atom. The molecule has 4 rings (SSSR count). The van der Waals surface area contributed by atoms with Crippen LogP contribution in [0.1, 0.15) is 52.0 Å². The SMILES string of the molecule is C=N/C(=N\C=C/C)c1ccc(-c2nc(Nc3ncc(C(F)(F)F)cc3C(=O)OC)sc2C2CC2)cc1. The summed E-state index contributed by atoms with van der Waals surface area (Å²) in [4.78, 5) is 30.0. The summed E-state index contributed by atoms with van der Waals surface area (Å²) in [5, 5.41) is 3.33. The van der Waals surface area contributed by atoms with Crippen molar-refractivity contribution in [2.45, 2.75) is 31.9 Å². The number of nitrogens with one attached hydrogen (secondary N) is 1. The van der Waals surface area contributed by atoms with E-state index in [2.05, 4.69) is 31.7 Å². The van der Waals surface area contributed by atoms with Crippen LogP contribution in [0.5, 0.6) is 0 Å². The molecular formula is C25H22F3N5O2S. The molecule has 0 radical (unpaired) electrons. The Labute approximate surface area is 209 Å². The summed E-state index contributed by atoms with van der Waals surface area (Å²) in [6.07, 6.45) is 1.51. The minimum Gasteiger partial charge on any atom is -0.465 e. The van der Waals surface area contributed by atoms with E-state index in [9.17, 15) is 18.0 Å². The fourth-order valence-electron chi connectivity index (χ4n) is 3.43. The Kier molecular flexibility index (Phi) is 7.30. The van der Waals surface area contributed by atoms with Gasteiger partial charge in [-0.05, 0) is 38.5 Å². The van der Waals surface area contributed by atoms with E-state index in [1.807, 2.05) is 31.2 Å². The van der Waals surface area contributed by atoms with Gasteiger partial charge in [0.2, 0.25) is 0 Å². The second-order valence-electron chi connectivity index (χ2n) is 7.91. The molecule has 1 aliphatic carbocycles. The Hall–Kier alpha value is -3.86. The molecule has 0 spiro atoms. The molecule has 0 atom stereocenters. The number of allylic oxidation sites excluding steroid dienone is 1. The quantitative estimate of drug-likeness (QED) is 0.218. The topological polar surface area (TPSA) is 88.8 Å². The number of pyridine rings is 1. The number of ether oxygens (including phenoxy) is 1. The number of halogens is 3. The van der Waals surface area contributed by atoms with Crippen molar-refractivity contribution in [1.82, 2.24) is 9.97 Å². The largest absolute Gasteiger partial charge is 0.465 e. The molecule has 7 nitrogen and oxygen atoms in total. The number of nitrogens with zero attached hydrogens (tertiary/aromatic N) is 4. The molecule has 0 amide bonds. The van der Waals surface area contributed by atoms with Gasteiger partial charge < -0.3 is 10.1 Å². The summed E-state index contributed by atoms with van der Waals surface area (Å²) in [5.74, 6) is -0.145. The molecule has 2 aromatic heterocycles. The van der Waals surface area contributed by atoms with Crippen molar-refractivity contribution in [2.75, 3.05) is 12.4 Å². The Balaban J connectivity index is 1.68. The number of benzene rings is 1. The van der Waals surface area contributed by atoms with Gasteiger partial charge in [-0.25, -0.2) is 24.7 Å². The summed E-state index contributed by atoms with van der Waals surface area (Å²) in [6.45, 7) is 5.43. The molecule has 11 heteroatoms. The first-order chi connectivity index (χ1) is 17.2. The average molecular weight is 514 g/mol. The second kappa shape index (κ2) is 10.4. The van der Waals surface area contributed by atoms with E-state index in [1.54, 1.807) is 12.3 Å². The molecule has 186 valence electrons. The molecule has 3 aromatic rings. The molecule has 1 aromatic carbocycles.